The second-order valence-corrected chi connectivity index (χ2v) is 7.57. The molecular weight excluding hydrogens is 404 g/mol. The maximum atomic E-state index is 12.8. The van der Waals surface area contributed by atoms with E-state index < -0.39 is 37.5 Å². The third-order valence-electron chi connectivity index (χ3n) is 3.90. The number of phenols is 1. The second-order valence-electron chi connectivity index (χ2n) is 5.89. The Hall–Kier alpha value is -3.18. The summed E-state index contributed by atoms with van der Waals surface area (Å²) in [5.41, 5.74) is -0.142. The largest absolute Gasteiger partial charge is 0.508 e. The van der Waals surface area contributed by atoms with Crippen LogP contribution in [0.3, 0.4) is 0 Å². The van der Waals surface area contributed by atoms with E-state index in [0.29, 0.717) is 5.56 Å². The second kappa shape index (κ2) is 9.34. The van der Waals surface area contributed by atoms with E-state index in [2.05, 4.69) is 4.72 Å². The van der Waals surface area contributed by atoms with Gasteiger partial charge in [-0.3, -0.25) is 14.9 Å². The first kappa shape index (κ1) is 22.1. The zero-order valence-corrected chi connectivity index (χ0v) is 16.5. The Kier molecular flexibility index (Phi) is 7.13. The summed E-state index contributed by atoms with van der Waals surface area (Å²) in [5.74, 6) is -0.710. The van der Waals surface area contributed by atoms with Crippen molar-refractivity contribution >= 4 is 21.7 Å². The number of aromatic hydroxyl groups is 1. The highest BCUT2D eigenvalue weighted by atomic mass is 32.2. The van der Waals surface area contributed by atoms with Gasteiger partial charge in [0.15, 0.2) is 4.90 Å². The third-order valence-corrected chi connectivity index (χ3v) is 5.42. The number of nitrogens with zero attached hydrogens (tertiary/aromatic N) is 1. The molecule has 0 radical (unpaired) electrons. The van der Waals surface area contributed by atoms with Crippen LogP contribution in [0.1, 0.15) is 12.5 Å². The van der Waals surface area contributed by atoms with Crippen LogP contribution in [-0.4, -0.2) is 44.2 Å². The van der Waals surface area contributed by atoms with E-state index in [-0.39, 0.29) is 24.5 Å². The van der Waals surface area contributed by atoms with E-state index in [0.717, 1.165) is 12.1 Å². The van der Waals surface area contributed by atoms with Crippen molar-refractivity contribution in [3.05, 3.63) is 58.1 Å². The van der Waals surface area contributed by atoms with Gasteiger partial charge in [-0.15, -0.1) is 0 Å². The zero-order valence-electron chi connectivity index (χ0n) is 15.7. The lowest BCUT2D eigenvalue weighted by Gasteiger charge is -2.18. The quantitative estimate of drug-likeness (QED) is 0.352. The number of nitro benzene ring substituents is 1. The normalized spacial score (nSPS) is 12.2. The smallest absolute Gasteiger partial charge is 0.324 e. The number of hydrogen-bond donors (Lipinski definition) is 2. The highest BCUT2D eigenvalue weighted by Crippen LogP contribution is 2.28. The topological polar surface area (TPSA) is 145 Å². The van der Waals surface area contributed by atoms with Gasteiger partial charge in [0, 0.05) is 0 Å². The Labute approximate surface area is 167 Å². The fraction of sp³-hybridized carbons (Fsp3) is 0.278. The van der Waals surface area contributed by atoms with E-state index in [1.807, 2.05) is 0 Å². The summed E-state index contributed by atoms with van der Waals surface area (Å²) < 4.78 is 37.6. The Balaban J connectivity index is 2.39. The van der Waals surface area contributed by atoms with E-state index in [1.54, 1.807) is 6.92 Å². The molecule has 0 aliphatic heterocycles. The molecule has 0 saturated carbocycles. The number of methoxy groups -OCH3 is 1. The van der Waals surface area contributed by atoms with Gasteiger partial charge in [-0.2, -0.15) is 4.72 Å². The van der Waals surface area contributed by atoms with Gasteiger partial charge in [0.1, 0.15) is 17.5 Å². The number of nitrogens with one attached hydrogen (secondary N) is 1. The third kappa shape index (κ3) is 5.65. The van der Waals surface area contributed by atoms with Gasteiger partial charge < -0.3 is 14.6 Å². The highest BCUT2D eigenvalue weighted by molar-refractivity contribution is 7.89. The SMILES string of the molecule is CCOC(=O)C(Cc1ccc(O)cc1)NS(=O)(=O)c1ccc(OC)cc1[N+](=O)[O-]. The number of hydrogen-bond acceptors (Lipinski definition) is 8. The molecule has 29 heavy (non-hydrogen) atoms. The van der Waals surface area contributed by atoms with Gasteiger partial charge in [0.05, 0.1) is 24.7 Å². The molecule has 1 atom stereocenters. The van der Waals surface area contributed by atoms with Crippen molar-refractivity contribution < 1.29 is 32.7 Å². The molecular formula is C18H20N2O8S. The fourth-order valence-electron chi connectivity index (χ4n) is 2.53. The summed E-state index contributed by atoms with van der Waals surface area (Å²) in [6.45, 7) is 1.59. The highest BCUT2D eigenvalue weighted by Gasteiger charge is 2.32. The lowest BCUT2D eigenvalue weighted by molar-refractivity contribution is -0.387. The fourth-order valence-corrected chi connectivity index (χ4v) is 3.87. The minimum Gasteiger partial charge on any atom is -0.508 e. The van der Waals surface area contributed by atoms with Crippen LogP contribution >= 0.6 is 0 Å². The van der Waals surface area contributed by atoms with E-state index in [9.17, 15) is 28.4 Å². The van der Waals surface area contributed by atoms with Crippen molar-refractivity contribution in [3.8, 4) is 11.5 Å². The van der Waals surface area contributed by atoms with Crippen molar-refractivity contribution in [2.75, 3.05) is 13.7 Å². The molecule has 0 aromatic heterocycles. The monoisotopic (exact) mass is 424 g/mol. The number of benzene rings is 2. The number of esters is 1. The van der Waals surface area contributed by atoms with Crippen LogP contribution in [0.5, 0.6) is 11.5 Å². The Morgan fingerprint density at radius 1 is 1.24 bits per heavy atom. The minimum atomic E-state index is -4.45. The summed E-state index contributed by atoms with van der Waals surface area (Å²) in [7, 11) is -3.16. The van der Waals surface area contributed by atoms with Crippen LogP contribution in [0.4, 0.5) is 5.69 Å². The first-order valence-corrected chi connectivity index (χ1v) is 9.95. The Bertz CT molecular complexity index is 989. The number of rotatable bonds is 9. The summed E-state index contributed by atoms with van der Waals surface area (Å²) >= 11 is 0. The summed E-state index contributed by atoms with van der Waals surface area (Å²) in [6.07, 6.45) is -0.0811. The first-order valence-electron chi connectivity index (χ1n) is 8.47. The average molecular weight is 424 g/mol. The van der Waals surface area contributed by atoms with E-state index >= 15 is 0 Å². The maximum absolute atomic E-state index is 12.8. The van der Waals surface area contributed by atoms with Gasteiger partial charge in [0.25, 0.3) is 5.69 Å². The molecule has 0 amide bonds. The van der Waals surface area contributed by atoms with Crippen LogP contribution in [0.15, 0.2) is 47.4 Å². The molecule has 2 rings (SSSR count). The van der Waals surface area contributed by atoms with Crippen molar-refractivity contribution in [1.29, 1.82) is 0 Å². The molecule has 2 aromatic rings. The predicted octanol–water partition coefficient (Wildman–Crippen LogP) is 1.76. The number of carbonyl (C=O) groups is 1. The lowest BCUT2D eigenvalue weighted by atomic mass is 10.1. The molecule has 0 fully saturated rings. The molecule has 1 unspecified atom stereocenters. The molecule has 0 saturated heterocycles. The molecule has 0 spiro atoms. The average Bonchev–Trinajstić information content (AvgIpc) is 2.68. The molecule has 0 aliphatic carbocycles. The summed E-state index contributed by atoms with van der Waals surface area (Å²) in [4.78, 5) is 22.2. The maximum Gasteiger partial charge on any atom is 0.324 e. The van der Waals surface area contributed by atoms with Crippen LogP contribution in [0, 0.1) is 10.1 Å². The van der Waals surface area contributed by atoms with Crippen molar-refractivity contribution in [1.82, 2.24) is 4.72 Å². The van der Waals surface area contributed by atoms with Crippen molar-refractivity contribution in [3.63, 3.8) is 0 Å². The van der Waals surface area contributed by atoms with Crippen LogP contribution < -0.4 is 9.46 Å². The molecule has 156 valence electrons. The zero-order chi connectivity index (χ0) is 21.6. The molecule has 2 N–H and O–H groups in total. The predicted molar refractivity (Wildman–Crippen MR) is 102 cm³/mol. The molecule has 2 aromatic carbocycles. The standard InChI is InChI=1S/C18H20N2O8S/c1-3-28-18(22)15(10-12-4-6-13(21)7-5-12)19-29(25,26)17-9-8-14(27-2)11-16(17)20(23)24/h4-9,11,15,19,21H,3,10H2,1-2H3. The van der Waals surface area contributed by atoms with Crippen LogP contribution in [-0.2, 0) is 26.0 Å². The lowest BCUT2D eigenvalue weighted by Crippen LogP contribution is -2.43. The number of phenolic OH excluding ortho intramolecular Hbond substituents is 1. The van der Waals surface area contributed by atoms with Gasteiger partial charge in [-0.1, -0.05) is 12.1 Å². The van der Waals surface area contributed by atoms with E-state index in [4.69, 9.17) is 9.47 Å². The van der Waals surface area contributed by atoms with Gasteiger partial charge in [0.2, 0.25) is 10.0 Å². The van der Waals surface area contributed by atoms with Crippen molar-refractivity contribution in [2.45, 2.75) is 24.3 Å². The minimum absolute atomic E-state index is 0.0101. The van der Waals surface area contributed by atoms with Crippen molar-refractivity contribution in [2.24, 2.45) is 0 Å². The Morgan fingerprint density at radius 3 is 2.45 bits per heavy atom. The molecule has 0 heterocycles. The first-order chi connectivity index (χ1) is 13.7. The number of nitro groups is 1. The number of ether oxygens (including phenoxy) is 2. The van der Waals surface area contributed by atoms with Crippen LogP contribution in [0.2, 0.25) is 0 Å². The molecule has 0 aliphatic rings. The molecule has 10 nitrogen and oxygen atoms in total. The van der Waals surface area contributed by atoms with Gasteiger partial charge in [-0.05, 0) is 43.2 Å². The summed E-state index contributed by atoms with van der Waals surface area (Å²) in [5, 5.41) is 20.7. The van der Waals surface area contributed by atoms with Gasteiger partial charge in [-0.25, -0.2) is 8.42 Å². The molecule has 11 heteroatoms. The summed E-state index contributed by atoms with van der Waals surface area (Å²) in [6, 6.07) is 7.76. The van der Waals surface area contributed by atoms with E-state index in [1.165, 1.54) is 37.4 Å². The number of sulfonamides is 1. The number of carbonyl (C=O) groups excluding carboxylic acids is 1. The molecule has 0 bridgehead atoms. The van der Waals surface area contributed by atoms with Crippen LogP contribution in [0.25, 0.3) is 0 Å². The Morgan fingerprint density at radius 2 is 1.90 bits per heavy atom. The van der Waals surface area contributed by atoms with Gasteiger partial charge >= 0.3 is 5.97 Å².